The molecule has 88 valence electrons. The van der Waals surface area contributed by atoms with Crippen LogP contribution in [0.3, 0.4) is 0 Å². The molecule has 4 nitrogen and oxygen atoms in total. The van der Waals surface area contributed by atoms with Gasteiger partial charge in [0.05, 0.1) is 11.7 Å². The Kier molecular flexibility index (Phi) is 2.76. The van der Waals surface area contributed by atoms with Crippen molar-refractivity contribution < 1.29 is 14.3 Å². The summed E-state index contributed by atoms with van der Waals surface area (Å²) in [6.07, 6.45) is 4.28. The number of carboxylic acids is 1. The lowest BCUT2D eigenvalue weighted by Crippen LogP contribution is -2.43. The van der Waals surface area contributed by atoms with E-state index in [1.807, 2.05) is 6.92 Å². The fourth-order valence-electron chi connectivity index (χ4n) is 2.61. The summed E-state index contributed by atoms with van der Waals surface area (Å²) in [6, 6.07) is 1.92. The molecule has 1 aromatic rings. The SMILES string of the molecule is Cc1occc1C1(C(=O)O)CCC(N)CC1. The van der Waals surface area contributed by atoms with Gasteiger partial charge in [0, 0.05) is 11.6 Å². The Hall–Kier alpha value is -1.29. The molecule has 3 N–H and O–H groups in total. The van der Waals surface area contributed by atoms with Gasteiger partial charge >= 0.3 is 5.97 Å². The zero-order valence-corrected chi connectivity index (χ0v) is 9.40. The van der Waals surface area contributed by atoms with Gasteiger partial charge in [0.25, 0.3) is 0 Å². The predicted octanol–water partition coefficient (Wildman–Crippen LogP) is 1.81. The molecule has 1 aliphatic rings. The molecule has 0 aliphatic heterocycles. The number of rotatable bonds is 2. The van der Waals surface area contributed by atoms with E-state index in [0.717, 1.165) is 18.4 Å². The maximum atomic E-state index is 11.6. The van der Waals surface area contributed by atoms with Crippen molar-refractivity contribution in [2.75, 3.05) is 0 Å². The second-order valence-electron chi connectivity index (χ2n) is 4.62. The Morgan fingerprint density at radius 3 is 2.62 bits per heavy atom. The zero-order chi connectivity index (χ0) is 11.8. The molecule has 1 fully saturated rings. The number of aryl methyl sites for hydroxylation is 1. The second-order valence-corrected chi connectivity index (χ2v) is 4.62. The van der Waals surface area contributed by atoms with Crippen LogP contribution in [0, 0.1) is 6.92 Å². The van der Waals surface area contributed by atoms with Crippen molar-refractivity contribution in [1.82, 2.24) is 0 Å². The molecule has 1 aromatic heterocycles. The Morgan fingerprint density at radius 1 is 1.56 bits per heavy atom. The van der Waals surface area contributed by atoms with Gasteiger partial charge in [0.15, 0.2) is 0 Å². The Balaban J connectivity index is 2.37. The van der Waals surface area contributed by atoms with Crippen LogP contribution in [0.2, 0.25) is 0 Å². The quantitative estimate of drug-likeness (QED) is 0.801. The lowest BCUT2D eigenvalue weighted by molar-refractivity contribution is -0.145. The fourth-order valence-corrected chi connectivity index (χ4v) is 2.61. The summed E-state index contributed by atoms with van der Waals surface area (Å²) in [7, 11) is 0. The first-order valence-corrected chi connectivity index (χ1v) is 5.60. The summed E-state index contributed by atoms with van der Waals surface area (Å²) in [4.78, 5) is 11.6. The smallest absolute Gasteiger partial charge is 0.314 e. The standard InChI is InChI=1S/C12H17NO3/c1-8-10(4-7-16-8)12(11(14)15)5-2-9(13)3-6-12/h4,7,9H,2-3,5-6,13H2,1H3,(H,14,15). The lowest BCUT2D eigenvalue weighted by atomic mass is 9.68. The highest BCUT2D eigenvalue weighted by Crippen LogP contribution is 2.41. The molecule has 1 aliphatic carbocycles. The molecule has 0 saturated heterocycles. The average molecular weight is 223 g/mol. The molecule has 0 unspecified atom stereocenters. The van der Waals surface area contributed by atoms with Gasteiger partial charge in [-0.05, 0) is 38.7 Å². The van der Waals surface area contributed by atoms with E-state index < -0.39 is 11.4 Å². The third-order valence-electron chi connectivity index (χ3n) is 3.67. The van der Waals surface area contributed by atoms with Crippen molar-refractivity contribution in [3.05, 3.63) is 23.7 Å². The van der Waals surface area contributed by atoms with Crippen LogP contribution in [0.1, 0.15) is 37.0 Å². The topological polar surface area (TPSA) is 76.5 Å². The van der Waals surface area contributed by atoms with E-state index in [1.54, 1.807) is 12.3 Å². The minimum absolute atomic E-state index is 0.139. The molecule has 4 heteroatoms. The largest absolute Gasteiger partial charge is 0.481 e. The molecular weight excluding hydrogens is 206 g/mol. The summed E-state index contributed by atoms with van der Waals surface area (Å²) in [5, 5.41) is 9.49. The highest BCUT2D eigenvalue weighted by atomic mass is 16.4. The molecule has 0 aromatic carbocycles. The molecule has 2 rings (SSSR count). The van der Waals surface area contributed by atoms with Gasteiger partial charge < -0.3 is 15.3 Å². The van der Waals surface area contributed by atoms with Gasteiger partial charge in [-0.2, -0.15) is 0 Å². The highest BCUT2D eigenvalue weighted by molar-refractivity contribution is 5.81. The van der Waals surface area contributed by atoms with Crippen LogP contribution in [0.4, 0.5) is 0 Å². The van der Waals surface area contributed by atoms with Crippen molar-refractivity contribution in [3.63, 3.8) is 0 Å². The molecule has 0 radical (unpaired) electrons. The number of carbonyl (C=O) groups is 1. The number of carboxylic acid groups (broad SMARTS) is 1. The minimum Gasteiger partial charge on any atom is -0.481 e. The van der Waals surface area contributed by atoms with Crippen molar-refractivity contribution >= 4 is 5.97 Å². The zero-order valence-electron chi connectivity index (χ0n) is 9.40. The summed E-state index contributed by atoms with van der Waals surface area (Å²) >= 11 is 0. The molecule has 0 spiro atoms. The third kappa shape index (κ3) is 1.63. The first-order valence-electron chi connectivity index (χ1n) is 5.60. The summed E-state index contributed by atoms with van der Waals surface area (Å²) < 4.78 is 5.23. The number of furan rings is 1. The molecular formula is C12H17NO3. The van der Waals surface area contributed by atoms with Gasteiger partial charge in [-0.25, -0.2) is 0 Å². The molecule has 16 heavy (non-hydrogen) atoms. The van der Waals surface area contributed by atoms with Crippen LogP contribution in [-0.4, -0.2) is 17.1 Å². The van der Waals surface area contributed by atoms with Crippen LogP contribution in [-0.2, 0) is 10.2 Å². The van der Waals surface area contributed by atoms with Gasteiger partial charge in [0.2, 0.25) is 0 Å². The van der Waals surface area contributed by atoms with E-state index in [4.69, 9.17) is 10.2 Å². The molecule has 1 saturated carbocycles. The highest BCUT2D eigenvalue weighted by Gasteiger charge is 2.44. The fraction of sp³-hybridized carbons (Fsp3) is 0.583. The average Bonchev–Trinajstić information content (AvgIpc) is 2.66. The minimum atomic E-state index is -0.785. The van der Waals surface area contributed by atoms with Gasteiger partial charge in [-0.3, -0.25) is 4.79 Å². The maximum Gasteiger partial charge on any atom is 0.314 e. The van der Waals surface area contributed by atoms with Gasteiger partial charge in [-0.15, -0.1) is 0 Å². The summed E-state index contributed by atoms with van der Waals surface area (Å²) in [5.41, 5.74) is 5.86. The van der Waals surface area contributed by atoms with Crippen molar-refractivity contribution in [2.45, 2.75) is 44.1 Å². The molecule has 0 bridgehead atoms. The lowest BCUT2D eigenvalue weighted by Gasteiger charge is -2.35. The molecule has 0 atom stereocenters. The van der Waals surface area contributed by atoms with E-state index in [2.05, 4.69) is 0 Å². The van der Waals surface area contributed by atoms with Crippen LogP contribution in [0.25, 0.3) is 0 Å². The summed E-state index contributed by atoms with van der Waals surface area (Å²) in [5.74, 6) is -0.0539. The number of nitrogens with two attached hydrogens (primary N) is 1. The van der Waals surface area contributed by atoms with Gasteiger partial charge in [0.1, 0.15) is 5.76 Å². The third-order valence-corrected chi connectivity index (χ3v) is 3.67. The number of hydrogen-bond acceptors (Lipinski definition) is 3. The Bertz CT molecular complexity index is 389. The van der Waals surface area contributed by atoms with Crippen LogP contribution >= 0.6 is 0 Å². The summed E-state index contributed by atoms with van der Waals surface area (Å²) in [6.45, 7) is 1.81. The monoisotopic (exact) mass is 223 g/mol. The van der Waals surface area contributed by atoms with Crippen molar-refractivity contribution in [3.8, 4) is 0 Å². The van der Waals surface area contributed by atoms with Crippen LogP contribution < -0.4 is 5.73 Å². The second kappa shape index (κ2) is 3.94. The van der Waals surface area contributed by atoms with Crippen molar-refractivity contribution in [2.24, 2.45) is 5.73 Å². The maximum absolute atomic E-state index is 11.6. The first-order chi connectivity index (χ1) is 7.56. The molecule has 0 amide bonds. The van der Waals surface area contributed by atoms with E-state index >= 15 is 0 Å². The van der Waals surface area contributed by atoms with Crippen LogP contribution in [0.5, 0.6) is 0 Å². The van der Waals surface area contributed by atoms with Gasteiger partial charge in [-0.1, -0.05) is 0 Å². The number of hydrogen-bond donors (Lipinski definition) is 2. The molecule has 1 heterocycles. The van der Waals surface area contributed by atoms with E-state index in [-0.39, 0.29) is 6.04 Å². The van der Waals surface area contributed by atoms with Crippen molar-refractivity contribution in [1.29, 1.82) is 0 Å². The van der Waals surface area contributed by atoms with E-state index in [1.165, 1.54) is 0 Å². The first kappa shape index (κ1) is 11.2. The normalized spacial score (nSPS) is 30.2. The van der Waals surface area contributed by atoms with E-state index in [9.17, 15) is 9.90 Å². The number of aliphatic carboxylic acids is 1. The van der Waals surface area contributed by atoms with Crippen LogP contribution in [0.15, 0.2) is 16.7 Å². The Morgan fingerprint density at radius 2 is 2.19 bits per heavy atom. The Labute approximate surface area is 94.4 Å². The van der Waals surface area contributed by atoms with E-state index in [0.29, 0.717) is 18.6 Å². The predicted molar refractivity (Wildman–Crippen MR) is 59.2 cm³/mol.